The van der Waals surface area contributed by atoms with E-state index in [1.807, 2.05) is 0 Å². The maximum atomic E-state index is 9.41. The molecule has 4 heteroatoms. The molecule has 16 heavy (non-hydrogen) atoms. The van der Waals surface area contributed by atoms with Gasteiger partial charge in [0.15, 0.2) is 0 Å². The first-order valence-corrected chi connectivity index (χ1v) is 6.12. The van der Waals surface area contributed by atoms with Crippen molar-refractivity contribution in [2.24, 2.45) is 11.1 Å². The summed E-state index contributed by atoms with van der Waals surface area (Å²) in [7, 11) is 1.66. The van der Waals surface area contributed by atoms with E-state index in [1.165, 1.54) is 0 Å². The summed E-state index contributed by atoms with van der Waals surface area (Å²) >= 11 is 0. The minimum Gasteiger partial charge on any atom is -0.396 e. The molecule has 0 aromatic carbocycles. The van der Waals surface area contributed by atoms with Crippen LogP contribution in [-0.4, -0.2) is 45.2 Å². The van der Waals surface area contributed by atoms with Gasteiger partial charge in [-0.1, -0.05) is 13.3 Å². The Balaban J connectivity index is 3.67. The molecule has 0 heterocycles. The first-order chi connectivity index (χ1) is 7.74. The lowest BCUT2D eigenvalue weighted by atomic mass is 9.80. The first kappa shape index (κ1) is 15.8. The van der Waals surface area contributed by atoms with Gasteiger partial charge in [-0.15, -0.1) is 0 Å². The van der Waals surface area contributed by atoms with Crippen molar-refractivity contribution in [3.63, 3.8) is 0 Å². The number of rotatable bonds is 11. The monoisotopic (exact) mass is 233 g/mol. The topological polar surface area (TPSA) is 64.7 Å². The number of aliphatic hydroxyl groups excluding tert-OH is 1. The Bertz CT molecular complexity index is 149. The third kappa shape index (κ3) is 6.43. The smallest absolute Gasteiger partial charge is 0.0700 e. The molecule has 0 aliphatic heterocycles. The molecular weight excluding hydrogens is 206 g/mol. The summed E-state index contributed by atoms with van der Waals surface area (Å²) in [5.41, 5.74) is 5.65. The molecule has 98 valence electrons. The second-order valence-corrected chi connectivity index (χ2v) is 4.32. The predicted octanol–water partition coefficient (Wildman–Crippen LogP) is 1.17. The van der Waals surface area contributed by atoms with Crippen LogP contribution in [0.15, 0.2) is 0 Å². The van der Waals surface area contributed by atoms with E-state index in [9.17, 15) is 5.11 Å². The highest BCUT2D eigenvalue weighted by Gasteiger charge is 2.25. The third-order valence-electron chi connectivity index (χ3n) is 2.98. The number of methoxy groups -OCH3 is 1. The van der Waals surface area contributed by atoms with Crippen LogP contribution in [0.1, 0.15) is 32.6 Å². The van der Waals surface area contributed by atoms with Crippen molar-refractivity contribution in [3.8, 4) is 0 Å². The number of ether oxygens (including phenoxy) is 2. The number of aliphatic hydroxyl groups is 1. The second kappa shape index (κ2) is 10.0. The van der Waals surface area contributed by atoms with Crippen LogP contribution < -0.4 is 5.73 Å². The standard InChI is InChI=1S/C12H27NO3/c1-3-5-12(10-13,11-14)6-4-7-16-9-8-15-2/h14H,3-11,13H2,1-2H3. The summed E-state index contributed by atoms with van der Waals surface area (Å²) in [6.45, 7) is 4.84. The third-order valence-corrected chi connectivity index (χ3v) is 2.98. The molecule has 1 unspecified atom stereocenters. The summed E-state index contributed by atoms with van der Waals surface area (Å²) in [5, 5.41) is 9.41. The van der Waals surface area contributed by atoms with Crippen molar-refractivity contribution in [1.82, 2.24) is 0 Å². The van der Waals surface area contributed by atoms with Crippen LogP contribution in [0, 0.1) is 5.41 Å². The molecule has 0 radical (unpaired) electrons. The highest BCUT2D eigenvalue weighted by molar-refractivity contribution is 4.79. The normalized spacial score (nSPS) is 15.0. The summed E-state index contributed by atoms with van der Waals surface area (Å²) < 4.78 is 10.3. The van der Waals surface area contributed by atoms with Crippen molar-refractivity contribution in [2.45, 2.75) is 32.6 Å². The van der Waals surface area contributed by atoms with E-state index >= 15 is 0 Å². The Kier molecular flexibility index (Phi) is 9.92. The molecule has 0 bridgehead atoms. The van der Waals surface area contributed by atoms with Crippen LogP contribution in [-0.2, 0) is 9.47 Å². The van der Waals surface area contributed by atoms with E-state index in [2.05, 4.69) is 6.92 Å². The Hall–Kier alpha value is -0.160. The summed E-state index contributed by atoms with van der Waals surface area (Å²) in [4.78, 5) is 0. The molecule has 0 aromatic heterocycles. The van der Waals surface area contributed by atoms with Gasteiger partial charge < -0.3 is 20.3 Å². The van der Waals surface area contributed by atoms with Gasteiger partial charge in [0, 0.05) is 32.3 Å². The van der Waals surface area contributed by atoms with Crippen LogP contribution in [0.3, 0.4) is 0 Å². The highest BCUT2D eigenvalue weighted by atomic mass is 16.5. The van der Waals surface area contributed by atoms with Crippen molar-refractivity contribution >= 4 is 0 Å². The van der Waals surface area contributed by atoms with Gasteiger partial charge in [0.25, 0.3) is 0 Å². The van der Waals surface area contributed by atoms with Gasteiger partial charge in [0.1, 0.15) is 0 Å². The molecule has 3 N–H and O–H groups in total. The van der Waals surface area contributed by atoms with Gasteiger partial charge in [-0.3, -0.25) is 0 Å². The Labute approximate surface area is 99.1 Å². The Morgan fingerprint density at radius 3 is 2.44 bits per heavy atom. The van der Waals surface area contributed by atoms with Crippen molar-refractivity contribution in [1.29, 1.82) is 0 Å². The summed E-state index contributed by atoms with van der Waals surface area (Å²) in [5.74, 6) is 0. The SMILES string of the molecule is CCCC(CN)(CO)CCCOCCOC. The fourth-order valence-electron chi connectivity index (χ4n) is 1.88. The van der Waals surface area contributed by atoms with Crippen molar-refractivity contribution in [2.75, 3.05) is 40.1 Å². The van der Waals surface area contributed by atoms with E-state index in [0.29, 0.717) is 19.8 Å². The number of hydrogen-bond acceptors (Lipinski definition) is 4. The highest BCUT2D eigenvalue weighted by Crippen LogP contribution is 2.27. The van der Waals surface area contributed by atoms with Gasteiger partial charge >= 0.3 is 0 Å². The molecule has 0 rings (SSSR count). The van der Waals surface area contributed by atoms with E-state index < -0.39 is 0 Å². The Morgan fingerprint density at radius 2 is 1.94 bits per heavy atom. The second-order valence-electron chi connectivity index (χ2n) is 4.32. The number of nitrogens with two attached hydrogens (primary N) is 1. The van der Waals surface area contributed by atoms with E-state index in [-0.39, 0.29) is 12.0 Å². The van der Waals surface area contributed by atoms with Crippen molar-refractivity contribution in [3.05, 3.63) is 0 Å². The van der Waals surface area contributed by atoms with Gasteiger partial charge in [-0.05, 0) is 19.3 Å². The summed E-state index contributed by atoms with van der Waals surface area (Å²) in [6, 6.07) is 0. The molecule has 0 spiro atoms. The molecule has 1 atom stereocenters. The van der Waals surface area contributed by atoms with Crippen LogP contribution in [0.25, 0.3) is 0 Å². The van der Waals surface area contributed by atoms with E-state index in [4.69, 9.17) is 15.2 Å². The number of hydrogen-bond donors (Lipinski definition) is 2. The fraction of sp³-hybridized carbons (Fsp3) is 1.00. The molecule has 0 saturated heterocycles. The van der Waals surface area contributed by atoms with Gasteiger partial charge in [-0.2, -0.15) is 0 Å². The molecule has 0 saturated carbocycles. The summed E-state index contributed by atoms with van der Waals surface area (Å²) in [6.07, 6.45) is 3.92. The van der Waals surface area contributed by atoms with Gasteiger partial charge in [0.05, 0.1) is 13.2 Å². The average Bonchev–Trinajstić information content (AvgIpc) is 2.32. The largest absolute Gasteiger partial charge is 0.396 e. The lowest BCUT2D eigenvalue weighted by Crippen LogP contribution is -2.34. The minimum absolute atomic E-state index is 0.0979. The lowest BCUT2D eigenvalue weighted by Gasteiger charge is -2.30. The minimum atomic E-state index is -0.0979. The molecule has 0 aromatic rings. The first-order valence-electron chi connectivity index (χ1n) is 6.12. The molecule has 0 amide bonds. The maximum absolute atomic E-state index is 9.41. The average molecular weight is 233 g/mol. The quantitative estimate of drug-likeness (QED) is 0.526. The predicted molar refractivity (Wildman–Crippen MR) is 65.4 cm³/mol. The maximum Gasteiger partial charge on any atom is 0.0700 e. The zero-order chi connectivity index (χ0) is 12.3. The van der Waals surface area contributed by atoms with Crippen LogP contribution in [0.5, 0.6) is 0 Å². The Morgan fingerprint density at radius 1 is 1.19 bits per heavy atom. The van der Waals surface area contributed by atoms with Crippen LogP contribution in [0.4, 0.5) is 0 Å². The van der Waals surface area contributed by atoms with Crippen molar-refractivity contribution < 1.29 is 14.6 Å². The zero-order valence-electron chi connectivity index (χ0n) is 10.7. The molecular formula is C12H27NO3. The van der Waals surface area contributed by atoms with E-state index in [0.717, 1.165) is 32.3 Å². The fourth-order valence-corrected chi connectivity index (χ4v) is 1.88. The zero-order valence-corrected chi connectivity index (χ0v) is 10.7. The van der Waals surface area contributed by atoms with E-state index in [1.54, 1.807) is 7.11 Å². The van der Waals surface area contributed by atoms with Gasteiger partial charge in [-0.25, -0.2) is 0 Å². The molecule has 0 fully saturated rings. The molecule has 0 aliphatic rings. The van der Waals surface area contributed by atoms with Gasteiger partial charge in [0.2, 0.25) is 0 Å². The van der Waals surface area contributed by atoms with Crippen LogP contribution in [0.2, 0.25) is 0 Å². The molecule has 4 nitrogen and oxygen atoms in total. The molecule has 0 aliphatic carbocycles. The lowest BCUT2D eigenvalue weighted by molar-refractivity contribution is 0.0543. The van der Waals surface area contributed by atoms with Crippen LogP contribution >= 0.6 is 0 Å².